The lowest BCUT2D eigenvalue weighted by Crippen LogP contribution is -2.41. The summed E-state index contributed by atoms with van der Waals surface area (Å²) in [4.78, 5) is 0.378. The van der Waals surface area contributed by atoms with Crippen molar-refractivity contribution in [3.8, 4) is 0 Å². The second-order valence-electron chi connectivity index (χ2n) is 4.79. The van der Waals surface area contributed by atoms with Crippen molar-refractivity contribution in [1.82, 2.24) is 4.31 Å². The van der Waals surface area contributed by atoms with Crippen LogP contribution in [-0.4, -0.2) is 36.8 Å². The topological polar surface area (TPSA) is 63.4 Å². The molecule has 0 radical (unpaired) electrons. The molecule has 106 valence electrons. The molecule has 1 aromatic rings. The molecule has 2 N–H and O–H groups in total. The molecule has 1 saturated heterocycles. The largest absolute Gasteiger partial charge is 0.399 e. The Morgan fingerprint density at radius 3 is 2.84 bits per heavy atom. The van der Waals surface area contributed by atoms with Gasteiger partial charge in [0.1, 0.15) is 0 Å². The van der Waals surface area contributed by atoms with Crippen LogP contribution in [-0.2, 0) is 10.0 Å². The number of thioether (sulfide) groups is 1. The van der Waals surface area contributed by atoms with E-state index in [-0.39, 0.29) is 0 Å². The van der Waals surface area contributed by atoms with Gasteiger partial charge in [0, 0.05) is 29.8 Å². The second kappa shape index (κ2) is 5.73. The normalized spacial score (nSPS) is 21.5. The van der Waals surface area contributed by atoms with Crippen LogP contribution in [0.5, 0.6) is 0 Å². The third-order valence-corrected chi connectivity index (χ3v) is 6.77. The van der Waals surface area contributed by atoms with Crippen LogP contribution in [0.25, 0.3) is 0 Å². The molecule has 0 bridgehead atoms. The molecule has 2 rings (SSSR count). The number of aryl methyl sites for hydroxylation is 1. The maximum absolute atomic E-state index is 12.7. The molecule has 1 aliphatic heterocycles. The maximum atomic E-state index is 12.7. The van der Waals surface area contributed by atoms with Gasteiger partial charge in [-0.25, -0.2) is 8.42 Å². The molecule has 1 fully saturated rings. The minimum atomic E-state index is -3.39. The van der Waals surface area contributed by atoms with Crippen molar-refractivity contribution in [3.05, 3.63) is 23.8 Å². The lowest BCUT2D eigenvalue weighted by Gasteiger charge is -2.31. The summed E-state index contributed by atoms with van der Waals surface area (Å²) in [6.45, 7) is 5.09. The standard InChI is InChI=1S/C13H20N2O2S2/c1-3-12-9-15(6-7-18-12)19(16,17)13-5-4-11(14)8-10(13)2/h4-5,8,12H,3,6-7,9,14H2,1-2H3. The van der Waals surface area contributed by atoms with E-state index in [1.165, 1.54) is 0 Å². The average molecular weight is 300 g/mol. The molecule has 0 saturated carbocycles. The molecule has 1 heterocycles. The summed E-state index contributed by atoms with van der Waals surface area (Å²) in [5.41, 5.74) is 6.99. The van der Waals surface area contributed by atoms with E-state index in [4.69, 9.17) is 5.73 Å². The van der Waals surface area contributed by atoms with Crippen molar-refractivity contribution in [2.24, 2.45) is 0 Å². The van der Waals surface area contributed by atoms with E-state index < -0.39 is 10.0 Å². The summed E-state index contributed by atoms with van der Waals surface area (Å²) in [5, 5.41) is 0.401. The number of hydrogen-bond acceptors (Lipinski definition) is 4. The Labute approximate surface area is 119 Å². The van der Waals surface area contributed by atoms with Crippen molar-refractivity contribution >= 4 is 27.5 Å². The smallest absolute Gasteiger partial charge is 0.243 e. The van der Waals surface area contributed by atoms with Crippen LogP contribution >= 0.6 is 11.8 Å². The number of benzene rings is 1. The second-order valence-corrected chi connectivity index (χ2v) is 8.10. The summed E-state index contributed by atoms with van der Waals surface area (Å²) in [5.74, 6) is 0.867. The zero-order valence-corrected chi connectivity index (χ0v) is 12.9. The first-order valence-corrected chi connectivity index (χ1v) is 8.92. The molecule has 1 unspecified atom stereocenters. The highest BCUT2D eigenvalue weighted by Gasteiger charge is 2.30. The number of nitrogen functional groups attached to an aromatic ring is 1. The predicted molar refractivity (Wildman–Crippen MR) is 80.9 cm³/mol. The molecular formula is C13H20N2O2S2. The van der Waals surface area contributed by atoms with Gasteiger partial charge in [0.05, 0.1) is 4.90 Å². The van der Waals surface area contributed by atoms with E-state index in [9.17, 15) is 8.42 Å². The average Bonchev–Trinajstić information content (AvgIpc) is 2.38. The van der Waals surface area contributed by atoms with Gasteiger partial charge in [-0.3, -0.25) is 0 Å². The first-order chi connectivity index (χ1) is 8.95. The van der Waals surface area contributed by atoms with Gasteiger partial charge < -0.3 is 5.73 Å². The fourth-order valence-corrected chi connectivity index (χ4v) is 5.34. The van der Waals surface area contributed by atoms with Crippen LogP contribution in [0.1, 0.15) is 18.9 Å². The summed E-state index contributed by atoms with van der Waals surface area (Å²) in [6, 6.07) is 4.97. The van der Waals surface area contributed by atoms with Crippen LogP contribution < -0.4 is 5.73 Å². The lowest BCUT2D eigenvalue weighted by molar-refractivity contribution is 0.415. The molecule has 0 spiro atoms. The van der Waals surface area contributed by atoms with E-state index in [2.05, 4.69) is 6.92 Å². The van der Waals surface area contributed by atoms with Gasteiger partial charge in [0.2, 0.25) is 10.0 Å². The van der Waals surface area contributed by atoms with E-state index in [1.807, 2.05) is 11.8 Å². The van der Waals surface area contributed by atoms with Crippen LogP contribution in [0.2, 0.25) is 0 Å². The molecule has 6 heteroatoms. The Hall–Kier alpha value is -0.720. The van der Waals surface area contributed by atoms with Crippen LogP contribution in [0.3, 0.4) is 0 Å². The quantitative estimate of drug-likeness (QED) is 0.868. The number of rotatable bonds is 3. The third kappa shape index (κ3) is 3.07. The van der Waals surface area contributed by atoms with Crippen LogP contribution in [0.15, 0.2) is 23.1 Å². The van der Waals surface area contributed by atoms with Gasteiger partial charge >= 0.3 is 0 Å². The molecular weight excluding hydrogens is 280 g/mol. The Morgan fingerprint density at radius 2 is 2.21 bits per heavy atom. The summed E-state index contributed by atoms with van der Waals surface area (Å²) in [7, 11) is -3.39. The van der Waals surface area contributed by atoms with Crippen molar-refractivity contribution < 1.29 is 8.42 Å². The lowest BCUT2D eigenvalue weighted by atomic mass is 10.2. The minimum Gasteiger partial charge on any atom is -0.399 e. The van der Waals surface area contributed by atoms with Gasteiger partial charge in [-0.1, -0.05) is 6.92 Å². The summed E-state index contributed by atoms with van der Waals surface area (Å²) in [6.07, 6.45) is 0.997. The number of hydrogen-bond donors (Lipinski definition) is 1. The van der Waals surface area contributed by atoms with Gasteiger partial charge in [-0.2, -0.15) is 16.1 Å². The number of sulfonamides is 1. The number of nitrogens with two attached hydrogens (primary N) is 1. The first-order valence-electron chi connectivity index (χ1n) is 6.43. The van der Waals surface area contributed by atoms with Gasteiger partial charge in [0.15, 0.2) is 0 Å². The highest BCUT2D eigenvalue weighted by Crippen LogP contribution is 2.28. The fourth-order valence-electron chi connectivity index (χ4n) is 2.26. The zero-order valence-electron chi connectivity index (χ0n) is 11.3. The maximum Gasteiger partial charge on any atom is 0.243 e. The van der Waals surface area contributed by atoms with E-state index >= 15 is 0 Å². The van der Waals surface area contributed by atoms with Crippen LogP contribution in [0, 0.1) is 6.92 Å². The first kappa shape index (κ1) is 14.7. The Balaban J connectivity index is 2.31. The Morgan fingerprint density at radius 1 is 1.47 bits per heavy atom. The zero-order chi connectivity index (χ0) is 14.0. The van der Waals surface area contributed by atoms with E-state index in [1.54, 1.807) is 29.4 Å². The molecule has 0 aromatic heterocycles. The van der Waals surface area contributed by atoms with Crippen molar-refractivity contribution in [2.75, 3.05) is 24.6 Å². The number of anilines is 1. The van der Waals surface area contributed by atoms with Crippen molar-refractivity contribution in [3.63, 3.8) is 0 Å². The Bertz CT molecular complexity index is 558. The molecule has 4 nitrogen and oxygen atoms in total. The Kier molecular flexibility index (Phi) is 4.43. The van der Waals surface area contributed by atoms with Gasteiger partial charge in [-0.05, 0) is 37.1 Å². The van der Waals surface area contributed by atoms with Gasteiger partial charge in [-0.15, -0.1) is 0 Å². The minimum absolute atomic E-state index is 0.378. The van der Waals surface area contributed by atoms with Gasteiger partial charge in [0.25, 0.3) is 0 Å². The van der Waals surface area contributed by atoms with E-state index in [0.717, 1.165) is 12.2 Å². The molecule has 0 aliphatic carbocycles. The molecule has 1 aromatic carbocycles. The van der Waals surface area contributed by atoms with Crippen LogP contribution in [0.4, 0.5) is 5.69 Å². The SMILES string of the molecule is CCC1CN(S(=O)(=O)c2ccc(N)cc2C)CCS1. The summed E-state index contributed by atoms with van der Waals surface area (Å²) < 4.78 is 26.9. The third-order valence-electron chi connectivity index (χ3n) is 3.37. The monoisotopic (exact) mass is 300 g/mol. The highest BCUT2D eigenvalue weighted by molar-refractivity contribution is 8.00. The van der Waals surface area contributed by atoms with Crippen molar-refractivity contribution in [2.45, 2.75) is 30.4 Å². The molecule has 1 aliphatic rings. The predicted octanol–water partition coefficient (Wildman–Crippen LogP) is 2.09. The molecule has 19 heavy (non-hydrogen) atoms. The molecule has 0 amide bonds. The van der Waals surface area contributed by atoms with Crippen molar-refractivity contribution in [1.29, 1.82) is 0 Å². The summed E-state index contributed by atoms with van der Waals surface area (Å²) >= 11 is 1.86. The number of nitrogens with zero attached hydrogens (tertiary/aromatic N) is 1. The fraction of sp³-hybridized carbons (Fsp3) is 0.538. The highest BCUT2D eigenvalue weighted by atomic mass is 32.2. The van der Waals surface area contributed by atoms with E-state index in [0.29, 0.717) is 34.5 Å². The molecule has 1 atom stereocenters.